The van der Waals surface area contributed by atoms with Gasteiger partial charge < -0.3 is 9.47 Å². The number of para-hydroxylation sites is 1. The fourth-order valence-electron chi connectivity index (χ4n) is 4.80. The number of amides is 1. The van der Waals surface area contributed by atoms with Gasteiger partial charge in [-0.1, -0.05) is 45.9 Å². The van der Waals surface area contributed by atoms with Crippen LogP contribution in [0.5, 0.6) is 0 Å². The Balaban J connectivity index is 1.64. The molecule has 1 aliphatic heterocycles. The summed E-state index contributed by atoms with van der Waals surface area (Å²) in [5.41, 5.74) is 1.99. The molecule has 1 aromatic heterocycles. The van der Waals surface area contributed by atoms with Crippen LogP contribution in [0.25, 0.3) is 10.9 Å². The molecule has 138 valence electrons. The quantitative estimate of drug-likeness (QED) is 0.759. The van der Waals surface area contributed by atoms with E-state index < -0.39 is 0 Å². The number of aromatic nitrogens is 1. The van der Waals surface area contributed by atoms with E-state index in [1.165, 1.54) is 0 Å². The molecule has 0 atom stereocenters. The van der Waals surface area contributed by atoms with E-state index in [0.29, 0.717) is 13.0 Å². The average Bonchev–Trinajstić information content (AvgIpc) is 2.98. The third kappa shape index (κ3) is 2.42. The number of ketones is 1. The number of rotatable bonds is 5. The number of benzene rings is 1. The van der Waals surface area contributed by atoms with Gasteiger partial charge in [-0.15, -0.1) is 0 Å². The minimum absolute atomic E-state index is 0.0370. The van der Waals surface area contributed by atoms with E-state index in [2.05, 4.69) is 38.3 Å². The van der Waals surface area contributed by atoms with Crippen molar-refractivity contribution >= 4 is 22.6 Å². The third-order valence-corrected chi connectivity index (χ3v) is 7.12. The van der Waals surface area contributed by atoms with Crippen LogP contribution in [0, 0.1) is 16.7 Å². The van der Waals surface area contributed by atoms with Crippen LogP contribution in [0.2, 0.25) is 0 Å². The zero-order valence-corrected chi connectivity index (χ0v) is 16.2. The first-order valence-electron chi connectivity index (χ1n) is 9.65. The van der Waals surface area contributed by atoms with Gasteiger partial charge in [0.2, 0.25) is 5.91 Å². The molecular weight excluding hydrogens is 324 g/mol. The topological polar surface area (TPSA) is 42.3 Å². The van der Waals surface area contributed by atoms with Gasteiger partial charge in [-0.2, -0.15) is 0 Å². The average molecular weight is 352 g/mol. The van der Waals surface area contributed by atoms with E-state index in [4.69, 9.17) is 0 Å². The number of likely N-dealkylation sites (tertiary alicyclic amines) is 1. The minimum atomic E-state index is 0.0370. The highest BCUT2D eigenvalue weighted by atomic mass is 16.2. The highest BCUT2D eigenvalue weighted by Gasteiger charge is 2.68. The number of fused-ring (bicyclic) bond motifs is 1. The largest absolute Gasteiger partial charge is 0.345 e. The van der Waals surface area contributed by atoms with Gasteiger partial charge in [0.15, 0.2) is 5.78 Å². The molecule has 0 spiro atoms. The van der Waals surface area contributed by atoms with Gasteiger partial charge in [0.1, 0.15) is 0 Å². The molecule has 4 heteroatoms. The lowest BCUT2D eigenvalue weighted by atomic mass is 10.0. The van der Waals surface area contributed by atoms with Gasteiger partial charge in [-0.05, 0) is 23.3 Å². The summed E-state index contributed by atoms with van der Waals surface area (Å²) < 4.78 is 2.15. The lowest BCUT2D eigenvalue weighted by molar-refractivity contribution is -0.127. The number of Topliss-reactive ketones (excluding diaryl/α,β-unsaturated/α-hetero) is 1. The van der Waals surface area contributed by atoms with Gasteiger partial charge >= 0.3 is 0 Å². The predicted molar refractivity (Wildman–Crippen MR) is 103 cm³/mol. The van der Waals surface area contributed by atoms with Crippen LogP contribution < -0.4 is 0 Å². The summed E-state index contributed by atoms with van der Waals surface area (Å²) in [7, 11) is 0. The maximum Gasteiger partial charge on any atom is 0.222 e. The smallest absolute Gasteiger partial charge is 0.222 e. The van der Waals surface area contributed by atoms with Crippen LogP contribution in [-0.2, 0) is 11.3 Å². The summed E-state index contributed by atoms with van der Waals surface area (Å²) in [6.45, 7) is 11.1. The Morgan fingerprint density at radius 2 is 1.81 bits per heavy atom. The lowest BCUT2D eigenvalue weighted by Crippen LogP contribution is -2.28. The fraction of sp³-hybridized carbons (Fsp3) is 0.545. The van der Waals surface area contributed by atoms with Gasteiger partial charge in [0, 0.05) is 54.6 Å². The van der Waals surface area contributed by atoms with Crippen LogP contribution in [0.1, 0.15) is 50.9 Å². The Labute approximate surface area is 155 Å². The van der Waals surface area contributed by atoms with Crippen molar-refractivity contribution in [3.05, 3.63) is 36.0 Å². The zero-order chi connectivity index (χ0) is 18.7. The Morgan fingerprint density at radius 1 is 1.12 bits per heavy atom. The molecule has 26 heavy (non-hydrogen) atoms. The zero-order valence-electron chi connectivity index (χ0n) is 16.2. The number of hydrogen-bond acceptors (Lipinski definition) is 2. The van der Waals surface area contributed by atoms with E-state index in [9.17, 15) is 9.59 Å². The maximum atomic E-state index is 13.3. The highest BCUT2D eigenvalue weighted by molar-refractivity contribution is 6.11. The molecule has 2 aliphatic rings. The van der Waals surface area contributed by atoms with Gasteiger partial charge in [0.05, 0.1) is 0 Å². The van der Waals surface area contributed by atoms with Crippen LogP contribution in [0.4, 0.5) is 0 Å². The van der Waals surface area contributed by atoms with E-state index in [0.717, 1.165) is 36.0 Å². The first-order valence-corrected chi connectivity index (χ1v) is 9.65. The fourth-order valence-corrected chi connectivity index (χ4v) is 4.80. The van der Waals surface area contributed by atoms with Crippen molar-refractivity contribution in [3.63, 3.8) is 0 Å². The summed E-state index contributed by atoms with van der Waals surface area (Å²) in [6.07, 6.45) is 3.64. The molecule has 0 N–H and O–H groups in total. The van der Waals surface area contributed by atoms with E-state index in [1.807, 2.05) is 29.3 Å². The van der Waals surface area contributed by atoms with Crippen molar-refractivity contribution < 1.29 is 9.59 Å². The molecule has 1 saturated carbocycles. The lowest BCUT2D eigenvalue weighted by Gasteiger charge is -2.16. The van der Waals surface area contributed by atoms with Crippen molar-refractivity contribution in [1.29, 1.82) is 0 Å². The summed E-state index contributed by atoms with van der Waals surface area (Å²) in [5, 5.41) is 1.03. The Bertz CT molecular complexity index is 877. The second-order valence-electron chi connectivity index (χ2n) is 8.98. The number of hydrogen-bond donors (Lipinski definition) is 0. The van der Waals surface area contributed by atoms with Crippen molar-refractivity contribution in [2.75, 3.05) is 13.1 Å². The SMILES string of the molecule is CC1(C)C(C(=O)c2cn(CCN3CCCC3=O)c3ccccc23)C1(C)C. The van der Waals surface area contributed by atoms with E-state index in [1.54, 1.807) is 0 Å². The maximum absolute atomic E-state index is 13.3. The number of carbonyl (C=O) groups excluding carboxylic acids is 2. The molecule has 1 aromatic carbocycles. The summed E-state index contributed by atoms with van der Waals surface area (Å²) in [6, 6.07) is 8.12. The Hall–Kier alpha value is -2.10. The van der Waals surface area contributed by atoms with Crippen LogP contribution in [-0.4, -0.2) is 34.2 Å². The van der Waals surface area contributed by atoms with Crippen molar-refractivity contribution in [1.82, 2.24) is 9.47 Å². The predicted octanol–water partition coefficient (Wildman–Crippen LogP) is 4.13. The minimum Gasteiger partial charge on any atom is -0.345 e. The third-order valence-electron chi connectivity index (χ3n) is 7.12. The molecule has 2 fully saturated rings. The van der Waals surface area contributed by atoms with Gasteiger partial charge in [-0.3, -0.25) is 9.59 Å². The molecule has 1 aliphatic carbocycles. The summed E-state index contributed by atoms with van der Waals surface area (Å²) in [5.74, 6) is 0.570. The first kappa shape index (κ1) is 17.3. The van der Waals surface area contributed by atoms with Gasteiger partial charge in [-0.25, -0.2) is 0 Å². The molecule has 1 saturated heterocycles. The molecule has 0 bridgehead atoms. The monoisotopic (exact) mass is 352 g/mol. The molecular formula is C22H28N2O2. The summed E-state index contributed by atoms with van der Waals surface area (Å²) >= 11 is 0. The van der Waals surface area contributed by atoms with Crippen LogP contribution in [0.3, 0.4) is 0 Å². The normalized spacial score (nSPS) is 21.5. The second-order valence-corrected chi connectivity index (χ2v) is 8.98. The van der Waals surface area contributed by atoms with Crippen molar-refractivity contribution in [2.45, 2.75) is 47.1 Å². The molecule has 1 amide bonds. The molecule has 0 unspecified atom stereocenters. The van der Waals surface area contributed by atoms with Gasteiger partial charge in [0.25, 0.3) is 0 Å². The highest BCUT2D eigenvalue weighted by Crippen LogP contribution is 2.69. The molecule has 0 radical (unpaired) electrons. The van der Waals surface area contributed by atoms with Crippen LogP contribution >= 0.6 is 0 Å². The number of carbonyl (C=O) groups is 2. The molecule has 4 nitrogen and oxygen atoms in total. The van der Waals surface area contributed by atoms with Crippen molar-refractivity contribution in [2.24, 2.45) is 16.7 Å². The van der Waals surface area contributed by atoms with Crippen LogP contribution in [0.15, 0.2) is 30.5 Å². The molecule has 2 heterocycles. The van der Waals surface area contributed by atoms with E-state index >= 15 is 0 Å². The van der Waals surface area contributed by atoms with E-state index in [-0.39, 0.29) is 28.4 Å². The second kappa shape index (κ2) is 5.70. The Kier molecular flexibility index (Phi) is 3.80. The number of nitrogens with zero attached hydrogens (tertiary/aromatic N) is 2. The summed E-state index contributed by atoms with van der Waals surface area (Å²) in [4.78, 5) is 27.1. The first-order chi connectivity index (χ1) is 12.2. The molecule has 2 aromatic rings. The van der Waals surface area contributed by atoms with Crippen molar-refractivity contribution in [3.8, 4) is 0 Å². The standard InChI is InChI=1S/C22H28N2O2/c1-21(2)20(22(21,3)4)19(26)16-14-24(17-9-6-5-8-15(16)17)13-12-23-11-7-10-18(23)25/h5-6,8-9,14,20H,7,10-13H2,1-4H3. The Morgan fingerprint density at radius 3 is 2.42 bits per heavy atom. The molecule has 4 rings (SSSR count).